The van der Waals surface area contributed by atoms with Crippen LogP contribution in [0.5, 0.6) is 0 Å². The first kappa shape index (κ1) is 13.1. The van der Waals surface area contributed by atoms with Gasteiger partial charge in [-0.1, -0.05) is 32.9 Å². The molecule has 0 spiro atoms. The van der Waals surface area contributed by atoms with Crippen molar-refractivity contribution in [1.29, 1.82) is 0 Å². The molecule has 1 saturated heterocycles. The van der Waals surface area contributed by atoms with Crippen molar-refractivity contribution in [3.63, 3.8) is 0 Å². The number of hydrogen-bond donors (Lipinski definition) is 0. The normalized spacial score (nSPS) is 21.1. The first-order valence-corrected chi connectivity index (χ1v) is 7.37. The van der Waals surface area contributed by atoms with Crippen molar-refractivity contribution in [1.82, 2.24) is 4.90 Å². The summed E-state index contributed by atoms with van der Waals surface area (Å²) in [5.74, 6) is 0.638. The van der Waals surface area contributed by atoms with Gasteiger partial charge in [0.2, 0.25) is 0 Å². The van der Waals surface area contributed by atoms with Gasteiger partial charge in [0.15, 0.2) is 0 Å². The van der Waals surface area contributed by atoms with E-state index in [-0.39, 0.29) is 5.41 Å². The molecular formula is C17H25NO. The number of likely N-dealkylation sites (N-methyl/N-ethyl adjacent to an activating group) is 1. The van der Waals surface area contributed by atoms with E-state index in [4.69, 9.17) is 4.74 Å². The topological polar surface area (TPSA) is 12.5 Å². The Labute approximate surface area is 116 Å². The lowest BCUT2D eigenvalue weighted by molar-refractivity contribution is 0.00785. The molecule has 1 aromatic rings. The Bertz CT molecular complexity index is 483. The molecule has 0 aromatic heterocycles. The second kappa shape index (κ2) is 4.60. The summed E-state index contributed by atoms with van der Waals surface area (Å²) in [6.45, 7) is 11.0. The molecule has 0 N–H and O–H groups in total. The molecule has 2 nitrogen and oxygen atoms in total. The SMILES string of the molecule is CN1CCc2c(cc(C(C)(C)C)cc2C2COC2)C1. The number of nitrogens with zero attached hydrogens (tertiary/aromatic N) is 1. The molecule has 0 saturated carbocycles. The highest BCUT2D eigenvalue weighted by Gasteiger charge is 2.28. The van der Waals surface area contributed by atoms with Gasteiger partial charge in [-0.3, -0.25) is 0 Å². The summed E-state index contributed by atoms with van der Waals surface area (Å²) in [4.78, 5) is 2.43. The number of ether oxygens (including phenoxy) is 1. The van der Waals surface area contributed by atoms with Crippen LogP contribution in [0.15, 0.2) is 12.1 Å². The van der Waals surface area contributed by atoms with E-state index in [1.165, 1.54) is 18.5 Å². The summed E-state index contributed by atoms with van der Waals surface area (Å²) in [6.07, 6.45) is 1.20. The Morgan fingerprint density at radius 2 is 1.95 bits per heavy atom. The fourth-order valence-electron chi connectivity index (χ4n) is 3.09. The van der Waals surface area contributed by atoms with Crippen LogP contribution in [0.3, 0.4) is 0 Å². The molecule has 2 aliphatic rings. The lowest BCUT2D eigenvalue weighted by Gasteiger charge is -2.35. The molecule has 2 heteroatoms. The predicted octanol–water partition coefficient (Wildman–Crippen LogP) is 3.09. The third kappa shape index (κ3) is 2.44. The van der Waals surface area contributed by atoms with Gasteiger partial charge in [-0.2, -0.15) is 0 Å². The zero-order chi connectivity index (χ0) is 13.6. The molecule has 1 fully saturated rings. The largest absolute Gasteiger partial charge is 0.380 e. The highest BCUT2D eigenvalue weighted by atomic mass is 16.5. The van der Waals surface area contributed by atoms with E-state index >= 15 is 0 Å². The number of fused-ring (bicyclic) bond motifs is 1. The standard InChI is InChI=1S/C17H25NO/c1-17(2,3)14-7-12-9-18(4)6-5-15(12)16(8-14)13-10-19-11-13/h7-8,13H,5-6,9-11H2,1-4H3. The maximum Gasteiger partial charge on any atom is 0.0557 e. The van der Waals surface area contributed by atoms with Crippen molar-refractivity contribution < 1.29 is 4.74 Å². The molecule has 0 atom stereocenters. The molecule has 0 bridgehead atoms. The van der Waals surface area contributed by atoms with Crippen LogP contribution in [-0.2, 0) is 23.1 Å². The van der Waals surface area contributed by atoms with Crippen LogP contribution in [0.4, 0.5) is 0 Å². The molecule has 2 heterocycles. The van der Waals surface area contributed by atoms with Crippen molar-refractivity contribution in [2.24, 2.45) is 0 Å². The quantitative estimate of drug-likeness (QED) is 0.768. The summed E-state index contributed by atoms with van der Waals surface area (Å²) < 4.78 is 5.42. The molecule has 0 amide bonds. The Balaban J connectivity index is 2.08. The predicted molar refractivity (Wildman–Crippen MR) is 78.7 cm³/mol. The summed E-state index contributed by atoms with van der Waals surface area (Å²) in [5.41, 5.74) is 6.43. The first-order valence-electron chi connectivity index (χ1n) is 7.37. The van der Waals surface area contributed by atoms with Crippen LogP contribution < -0.4 is 0 Å². The van der Waals surface area contributed by atoms with Crippen molar-refractivity contribution >= 4 is 0 Å². The third-order valence-corrected chi connectivity index (χ3v) is 4.50. The lowest BCUT2D eigenvalue weighted by atomic mass is 9.79. The highest BCUT2D eigenvalue weighted by molar-refractivity contribution is 5.45. The maximum atomic E-state index is 5.42. The number of benzene rings is 1. The number of hydrogen-bond acceptors (Lipinski definition) is 2. The van der Waals surface area contributed by atoms with E-state index in [0.717, 1.165) is 19.8 Å². The molecule has 3 rings (SSSR count). The second-order valence-corrected chi connectivity index (χ2v) is 7.18. The van der Waals surface area contributed by atoms with Crippen LogP contribution in [0.2, 0.25) is 0 Å². The molecular weight excluding hydrogens is 234 g/mol. The molecule has 0 aliphatic carbocycles. The van der Waals surface area contributed by atoms with E-state index in [1.54, 1.807) is 16.7 Å². The summed E-state index contributed by atoms with van der Waals surface area (Å²) in [6, 6.07) is 4.89. The monoisotopic (exact) mass is 259 g/mol. The molecule has 1 aromatic carbocycles. The van der Waals surface area contributed by atoms with Gasteiger partial charge in [-0.15, -0.1) is 0 Å². The minimum Gasteiger partial charge on any atom is -0.380 e. The van der Waals surface area contributed by atoms with E-state index in [1.807, 2.05) is 0 Å². The molecule has 0 unspecified atom stereocenters. The minimum absolute atomic E-state index is 0.227. The zero-order valence-corrected chi connectivity index (χ0v) is 12.6. The van der Waals surface area contributed by atoms with Crippen LogP contribution in [0.25, 0.3) is 0 Å². The van der Waals surface area contributed by atoms with Gasteiger partial charge in [-0.05, 0) is 41.1 Å². The van der Waals surface area contributed by atoms with Crippen molar-refractivity contribution in [2.45, 2.75) is 45.1 Å². The van der Waals surface area contributed by atoms with Crippen molar-refractivity contribution in [3.05, 3.63) is 34.4 Å². The second-order valence-electron chi connectivity index (χ2n) is 7.18. The maximum absolute atomic E-state index is 5.42. The molecule has 19 heavy (non-hydrogen) atoms. The lowest BCUT2D eigenvalue weighted by Crippen LogP contribution is -2.32. The van der Waals surface area contributed by atoms with Gasteiger partial charge in [0, 0.05) is 19.0 Å². The van der Waals surface area contributed by atoms with E-state index in [9.17, 15) is 0 Å². The van der Waals surface area contributed by atoms with Gasteiger partial charge in [0.1, 0.15) is 0 Å². The minimum atomic E-state index is 0.227. The first-order chi connectivity index (χ1) is 8.95. The Morgan fingerprint density at radius 1 is 1.21 bits per heavy atom. The Hall–Kier alpha value is -0.860. The van der Waals surface area contributed by atoms with E-state index in [2.05, 4.69) is 44.9 Å². The summed E-state index contributed by atoms with van der Waals surface area (Å²) in [7, 11) is 2.22. The van der Waals surface area contributed by atoms with Crippen LogP contribution in [-0.4, -0.2) is 31.7 Å². The van der Waals surface area contributed by atoms with Crippen molar-refractivity contribution in [2.75, 3.05) is 26.8 Å². The van der Waals surface area contributed by atoms with Crippen LogP contribution >= 0.6 is 0 Å². The Morgan fingerprint density at radius 3 is 2.53 bits per heavy atom. The van der Waals surface area contributed by atoms with E-state index < -0.39 is 0 Å². The van der Waals surface area contributed by atoms with E-state index in [0.29, 0.717) is 5.92 Å². The van der Waals surface area contributed by atoms with Crippen LogP contribution in [0.1, 0.15) is 48.9 Å². The zero-order valence-electron chi connectivity index (χ0n) is 12.6. The fraction of sp³-hybridized carbons (Fsp3) is 0.647. The summed E-state index contributed by atoms with van der Waals surface area (Å²) >= 11 is 0. The Kier molecular flexibility index (Phi) is 3.18. The molecule has 2 aliphatic heterocycles. The average Bonchev–Trinajstić information content (AvgIpc) is 2.24. The van der Waals surface area contributed by atoms with Gasteiger partial charge in [0.05, 0.1) is 13.2 Å². The fourth-order valence-corrected chi connectivity index (χ4v) is 3.09. The molecule has 0 radical (unpaired) electrons. The third-order valence-electron chi connectivity index (χ3n) is 4.50. The van der Waals surface area contributed by atoms with Crippen molar-refractivity contribution in [3.8, 4) is 0 Å². The summed E-state index contributed by atoms with van der Waals surface area (Å²) in [5, 5.41) is 0. The number of rotatable bonds is 1. The van der Waals surface area contributed by atoms with Gasteiger partial charge < -0.3 is 9.64 Å². The van der Waals surface area contributed by atoms with Gasteiger partial charge in [0.25, 0.3) is 0 Å². The van der Waals surface area contributed by atoms with Crippen LogP contribution in [0, 0.1) is 0 Å². The molecule has 104 valence electrons. The average molecular weight is 259 g/mol. The van der Waals surface area contributed by atoms with Gasteiger partial charge in [-0.25, -0.2) is 0 Å². The highest BCUT2D eigenvalue weighted by Crippen LogP contribution is 2.36. The van der Waals surface area contributed by atoms with Gasteiger partial charge >= 0.3 is 0 Å². The smallest absolute Gasteiger partial charge is 0.0557 e.